The fourth-order valence-corrected chi connectivity index (χ4v) is 1.32. The molecule has 0 spiro atoms. The van der Waals surface area contributed by atoms with Gasteiger partial charge in [0.2, 0.25) is 0 Å². The van der Waals surface area contributed by atoms with E-state index in [9.17, 15) is 0 Å². The Morgan fingerprint density at radius 3 is 2.79 bits per heavy atom. The molecule has 1 aromatic rings. The molecule has 3 nitrogen and oxygen atoms in total. The normalized spacial score (nSPS) is 10.2. The molecule has 1 rings (SSSR count). The summed E-state index contributed by atoms with van der Waals surface area (Å²) >= 11 is 6.00. The van der Waals surface area contributed by atoms with Crippen molar-refractivity contribution in [1.82, 2.24) is 10.3 Å². The first-order valence-electron chi connectivity index (χ1n) is 4.87. The Kier molecular flexibility index (Phi) is 4.70. The molecule has 0 aromatic carbocycles. The molecular weight excluding hydrogens is 198 g/mol. The van der Waals surface area contributed by atoms with E-state index in [2.05, 4.69) is 22.5 Å². The predicted molar refractivity (Wildman–Crippen MR) is 60.8 cm³/mol. The van der Waals surface area contributed by atoms with Crippen LogP contribution < -0.4 is 10.6 Å². The zero-order valence-corrected chi connectivity index (χ0v) is 9.36. The highest BCUT2D eigenvalue weighted by molar-refractivity contribution is 6.31. The van der Waals surface area contributed by atoms with Crippen LogP contribution in [0.4, 0.5) is 5.82 Å². The van der Waals surface area contributed by atoms with E-state index in [0.29, 0.717) is 5.02 Å². The minimum absolute atomic E-state index is 0.715. The van der Waals surface area contributed by atoms with Gasteiger partial charge in [0.25, 0.3) is 0 Å². The second kappa shape index (κ2) is 5.83. The summed E-state index contributed by atoms with van der Waals surface area (Å²) in [7, 11) is 0. The van der Waals surface area contributed by atoms with E-state index in [4.69, 9.17) is 11.6 Å². The standard InChI is InChI=1S/C10H16ClN3/c1-3-12-6-8-5-10(13-4-2)14-7-9(8)11/h5,7,12H,3-4,6H2,1-2H3,(H,13,14). The van der Waals surface area contributed by atoms with Gasteiger partial charge in [-0.25, -0.2) is 4.98 Å². The highest BCUT2D eigenvalue weighted by Gasteiger charge is 2.01. The summed E-state index contributed by atoms with van der Waals surface area (Å²) in [5.74, 6) is 0.879. The number of nitrogens with one attached hydrogen (secondary N) is 2. The van der Waals surface area contributed by atoms with Crippen molar-refractivity contribution in [3.8, 4) is 0 Å². The lowest BCUT2D eigenvalue weighted by Gasteiger charge is -2.07. The van der Waals surface area contributed by atoms with Crippen molar-refractivity contribution >= 4 is 17.4 Å². The Morgan fingerprint density at radius 1 is 1.36 bits per heavy atom. The maximum Gasteiger partial charge on any atom is 0.126 e. The van der Waals surface area contributed by atoms with E-state index >= 15 is 0 Å². The van der Waals surface area contributed by atoms with Crippen molar-refractivity contribution in [2.45, 2.75) is 20.4 Å². The first-order chi connectivity index (χ1) is 6.77. The third kappa shape index (κ3) is 3.16. The third-order valence-corrected chi connectivity index (χ3v) is 2.20. The summed E-state index contributed by atoms with van der Waals surface area (Å²) < 4.78 is 0. The maximum atomic E-state index is 6.00. The van der Waals surface area contributed by atoms with Gasteiger partial charge in [-0.1, -0.05) is 18.5 Å². The highest BCUT2D eigenvalue weighted by Crippen LogP contribution is 2.17. The zero-order valence-electron chi connectivity index (χ0n) is 8.60. The van der Waals surface area contributed by atoms with Gasteiger partial charge in [-0.3, -0.25) is 0 Å². The summed E-state index contributed by atoms with van der Waals surface area (Å²) in [5, 5.41) is 7.10. The van der Waals surface area contributed by atoms with Crippen LogP contribution in [-0.2, 0) is 6.54 Å². The highest BCUT2D eigenvalue weighted by atomic mass is 35.5. The fraction of sp³-hybridized carbons (Fsp3) is 0.500. The minimum Gasteiger partial charge on any atom is -0.370 e. The van der Waals surface area contributed by atoms with Gasteiger partial charge in [0.1, 0.15) is 5.82 Å². The van der Waals surface area contributed by atoms with Crippen LogP contribution in [0.15, 0.2) is 12.3 Å². The fourth-order valence-electron chi connectivity index (χ4n) is 1.15. The lowest BCUT2D eigenvalue weighted by molar-refractivity contribution is 0.726. The average Bonchev–Trinajstić information content (AvgIpc) is 2.19. The topological polar surface area (TPSA) is 37.0 Å². The smallest absolute Gasteiger partial charge is 0.126 e. The van der Waals surface area contributed by atoms with Crippen LogP contribution in [0.1, 0.15) is 19.4 Å². The van der Waals surface area contributed by atoms with Crippen LogP contribution in [0, 0.1) is 0 Å². The summed E-state index contributed by atoms with van der Waals surface area (Å²) in [6, 6.07) is 1.98. The summed E-state index contributed by atoms with van der Waals surface area (Å²) in [5.41, 5.74) is 1.08. The Morgan fingerprint density at radius 2 is 2.14 bits per heavy atom. The molecule has 2 N–H and O–H groups in total. The van der Waals surface area contributed by atoms with Gasteiger partial charge in [0.15, 0.2) is 0 Å². The number of pyridine rings is 1. The number of rotatable bonds is 5. The Labute approximate surface area is 89.9 Å². The van der Waals surface area contributed by atoms with Gasteiger partial charge in [-0.15, -0.1) is 0 Å². The van der Waals surface area contributed by atoms with Crippen molar-refractivity contribution in [2.24, 2.45) is 0 Å². The monoisotopic (exact) mass is 213 g/mol. The molecular formula is C10H16ClN3. The van der Waals surface area contributed by atoms with Crippen molar-refractivity contribution in [2.75, 3.05) is 18.4 Å². The number of halogens is 1. The Balaban J connectivity index is 2.74. The largest absolute Gasteiger partial charge is 0.370 e. The molecule has 78 valence electrons. The molecule has 0 fully saturated rings. The zero-order chi connectivity index (χ0) is 10.4. The van der Waals surface area contributed by atoms with E-state index in [1.54, 1.807) is 6.20 Å². The minimum atomic E-state index is 0.715. The lowest BCUT2D eigenvalue weighted by atomic mass is 10.2. The molecule has 0 atom stereocenters. The second-order valence-electron chi connectivity index (χ2n) is 2.97. The van der Waals surface area contributed by atoms with Crippen LogP contribution >= 0.6 is 11.6 Å². The van der Waals surface area contributed by atoms with Crippen molar-refractivity contribution in [3.05, 3.63) is 22.8 Å². The number of anilines is 1. The van der Waals surface area contributed by atoms with Crippen LogP contribution in [0.5, 0.6) is 0 Å². The second-order valence-corrected chi connectivity index (χ2v) is 3.38. The summed E-state index contributed by atoms with van der Waals surface area (Å²) in [6.45, 7) is 6.71. The quantitative estimate of drug-likeness (QED) is 0.788. The van der Waals surface area contributed by atoms with Gasteiger partial charge in [0.05, 0.1) is 5.02 Å². The maximum absolute atomic E-state index is 6.00. The number of hydrogen-bond acceptors (Lipinski definition) is 3. The molecule has 14 heavy (non-hydrogen) atoms. The molecule has 0 saturated carbocycles. The molecule has 0 unspecified atom stereocenters. The van der Waals surface area contributed by atoms with Crippen molar-refractivity contribution in [3.63, 3.8) is 0 Å². The molecule has 0 bridgehead atoms. The van der Waals surface area contributed by atoms with Gasteiger partial charge in [-0.2, -0.15) is 0 Å². The van der Waals surface area contributed by atoms with Gasteiger partial charge < -0.3 is 10.6 Å². The van der Waals surface area contributed by atoms with Gasteiger partial charge in [-0.05, 0) is 25.1 Å². The van der Waals surface area contributed by atoms with Crippen LogP contribution in [0.25, 0.3) is 0 Å². The number of aromatic nitrogens is 1. The van der Waals surface area contributed by atoms with Crippen LogP contribution in [-0.4, -0.2) is 18.1 Å². The number of hydrogen-bond donors (Lipinski definition) is 2. The van der Waals surface area contributed by atoms with Crippen LogP contribution in [0.2, 0.25) is 5.02 Å². The van der Waals surface area contributed by atoms with Gasteiger partial charge >= 0.3 is 0 Å². The van der Waals surface area contributed by atoms with Crippen molar-refractivity contribution in [1.29, 1.82) is 0 Å². The molecule has 4 heteroatoms. The lowest BCUT2D eigenvalue weighted by Crippen LogP contribution is -2.12. The summed E-state index contributed by atoms with van der Waals surface area (Å²) in [6.07, 6.45) is 1.69. The molecule has 0 amide bonds. The molecule has 0 aliphatic carbocycles. The first-order valence-corrected chi connectivity index (χ1v) is 5.24. The SMILES string of the molecule is CCNCc1cc(NCC)ncc1Cl. The van der Waals surface area contributed by atoms with Crippen LogP contribution in [0.3, 0.4) is 0 Å². The van der Waals surface area contributed by atoms with E-state index in [1.807, 2.05) is 13.0 Å². The number of nitrogens with zero attached hydrogens (tertiary/aromatic N) is 1. The van der Waals surface area contributed by atoms with E-state index in [-0.39, 0.29) is 0 Å². The molecule has 0 aliphatic heterocycles. The van der Waals surface area contributed by atoms with E-state index in [0.717, 1.165) is 31.0 Å². The molecule has 0 saturated heterocycles. The molecule has 0 radical (unpaired) electrons. The molecule has 1 aromatic heterocycles. The van der Waals surface area contributed by atoms with E-state index in [1.165, 1.54) is 0 Å². The van der Waals surface area contributed by atoms with Gasteiger partial charge in [0, 0.05) is 19.3 Å². The van der Waals surface area contributed by atoms with E-state index < -0.39 is 0 Å². The molecule has 0 aliphatic rings. The first kappa shape index (κ1) is 11.3. The Bertz CT molecular complexity index is 289. The molecule has 1 heterocycles. The average molecular weight is 214 g/mol. The third-order valence-electron chi connectivity index (χ3n) is 1.86. The predicted octanol–water partition coefficient (Wildman–Crippen LogP) is 2.28. The Hall–Kier alpha value is -0.800. The van der Waals surface area contributed by atoms with Crippen molar-refractivity contribution < 1.29 is 0 Å². The summed E-state index contributed by atoms with van der Waals surface area (Å²) in [4.78, 5) is 4.17.